The van der Waals surface area contributed by atoms with E-state index in [1.165, 1.54) is 6.92 Å². The molecule has 0 bridgehead atoms. The molecule has 0 aliphatic heterocycles. The van der Waals surface area contributed by atoms with Crippen LogP contribution in [0.1, 0.15) is 54.9 Å². The second-order valence-electron chi connectivity index (χ2n) is 13.7. The molecule has 22 nitrogen and oxygen atoms in total. The first-order chi connectivity index (χ1) is 26.8. The highest BCUT2D eigenvalue weighted by Crippen LogP contribution is 2.52. The van der Waals surface area contributed by atoms with Crippen molar-refractivity contribution in [3.8, 4) is 22.6 Å². The molecule has 0 saturated heterocycles. The van der Waals surface area contributed by atoms with Gasteiger partial charge in [-0.05, 0) is 81.9 Å². The van der Waals surface area contributed by atoms with Gasteiger partial charge in [-0.3, -0.25) is 13.9 Å². The molecule has 58 heavy (non-hydrogen) atoms. The number of nitrogens with one attached hydrogen (secondary N) is 1. The third-order valence-electron chi connectivity index (χ3n) is 8.93. The number of carbonyl (C=O) groups is 1. The number of fused-ring (bicyclic) bond motifs is 3. The zero-order chi connectivity index (χ0) is 43.9. The molecule has 0 heterocycles. The molecular weight excluding hydrogens is 881 g/mol. The predicted octanol–water partition coefficient (Wildman–Crippen LogP) is -1.98. The van der Waals surface area contributed by atoms with Gasteiger partial charge in [0.15, 0.2) is 6.61 Å². The van der Waals surface area contributed by atoms with Crippen LogP contribution < -0.4 is 27.3 Å². The number of amides is 1. The molecule has 0 radical (unpaired) electrons. The molecule has 0 aromatic heterocycles. The van der Waals surface area contributed by atoms with Crippen molar-refractivity contribution in [3.63, 3.8) is 0 Å². The number of carbonyl (C=O) groups excluding carboxylic acids is 1. The monoisotopic (exact) mass is 934 g/mol. The Labute approximate surface area is 340 Å². The lowest BCUT2D eigenvalue weighted by Gasteiger charge is -2.37. The molecule has 1 aliphatic rings. The van der Waals surface area contributed by atoms with Gasteiger partial charge in [-0.1, -0.05) is 6.92 Å². The lowest BCUT2D eigenvalue weighted by molar-refractivity contribution is -0.123. The smallest absolute Gasteiger partial charge is 0.488 e. The lowest BCUT2D eigenvalue weighted by atomic mass is 10.00. The van der Waals surface area contributed by atoms with E-state index in [9.17, 15) is 64.6 Å². The molecule has 0 fully saturated rings. The maximum Gasteiger partial charge on any atom is 0.488 e. The topological polar surface area (TPSA) is 394 Å². The summed E-state index contributed by atoms with van der Waals surface area (Å²) >= 11 is 0. The molecule has 28 heteroatoms. The molecule has 1 amide bonds. The van der Waals surface area contributed by atoms with Crippen LogP contribution in [-0.2, 0) is 50.2 Å². The zero-order valence-electron chi connectivity index (χ0n) is 32.0. The van der Waals surface area contributed by atoms with E-state index in [-0.39, 0.29) is 122 Å². The summed E-state index contributed by atoms with van der Waals surface area (Å²) in [5.41, 5.74) is 16.0. The fourth-order valence-corrected chi connectivity index (χ4v) is 20.1. The normalized spacial score (nSPS) is 15.4. The van der Waals surface area contributed by atoms with Crippen molar-refractivity contribution < 1.29 is 81.7 Å². The van der Waals surface area contributed by atoms with Crippen molar-refractivity contribution >= 4 is 61.4 Å². The number of aromatic hydroxyl groups is 1. The van der Waals surface area contributed by atoms with Crippen LogP contribution in [-0.4, -0.2) is 134 Å². The van der Waals surface area contributed by atoms with Crippen LogP contribution in [0.3, 0.4) is 0 Å². The molecule has 3 rings (SSSR count). The van der Waals surface area contributed by atoms with E-state index in [0.29, 0.717) is 0 Å². The Morgan fingerprint density at radius 3 is 1.69 bits per heavy atom. The van der Waals surface area contributed by atoms with E-state index in [2.05, 4.69) is 5.32 Å². The molecule has 0 saturated carbocycles. The van der Waals surface area contributed by atoms with Gasteiger partial charge in [-0.2, -0.15) is 16.8 Å². The van der Waals surface area contributed by atoms with Gasteiger partial charge in [-0.15, -0.1) is 0 Å². The average Bonchev–Trinajstić information content (AvgIpc) is 3.50. The van der Waals surface area contributed by atoms with Crippen molar-refractivity contribution in [1.82, 2.24) is 5.32 Å². The van der Waals surface area contributed by atoms with Crippen LogP contribution in [0.5, 0.6) is 11.5 Å². The highest BCUT2D eigenvalue weighted by molar-refractivity contribution is 7.86. The molecule has 0 spiro atoms. The SMILES string of the molecule is CCc1cc(S(=O)(=O)O)c2c(c1OCC(=O)NCCC[Si](O)(O[Si](O)(O)CCCN)O[Si](O)(CCCN)O[Si](O)(O)CCCN)Cc1c(O)c(C)cc(S(=O)(=O)O)c1-2. The number of rotatable bonds is 25. The lowest BCUT2D eigenvalue weighted by Crippen LogP contribution is -2.64. The summed E-state index contributed by atoms with van der Waals surface area (Å²) in [4.78, 5) is 76.9. The summed E-state index contributed by atoms with van der Waals surface area (Å²) in [6.45, 7) is 2.17. The van der Waals surface area contributed by atoms with Crippen LogP contribution in [0.15, 0.2) is 21.9 Å². The second-order valence-corrected chi connectivity index (χ2v) is 26.8. The van der Waals surface area contributed by atoms with Crippen molar-refractivity contribution in [1.29, 1.82) is 0 Å². The van der Waals surface area contributed by atoms with E-state index in [1.807, 2.05) is 0 Å². The minimum atomic E-state index is -5.03. The maximum atomic E-state index is 13.1. The largest absolute Gasteiger partial charge is 0.507 e. The molecule has 2 atom stereocenters. The summed E-state index contributed by atoms with van der Waals surface area (Å²) in [5, 5.41) is 13.4. The van der Waals surface area contributed by atoms with Gasteiger partial charge in [-0.25, -0.2) is 0 Å². The maximum absolute atomic E-state index is 13.1. The van der Waals surface area contributed by atoms with Gasteiger partial charge in [0.2, 0.25) is 0 Å². The van der Waals surface area contributed by atoms with Crippen LogP contribution >= 0.6 is 0 Å². The average molecular weight is 935 g/mol. The Kier molecular flexibility index (Phi) is 17.3. The highest BCUT2D eigenvalue weighted by Gasteiger charge is 2.56. The van der Waals surface area contributed by atoms with Crippen LogP contribution in [0.2, 0.25) is 24.2 Å². The van der Waals surface area contributed by atoms with Crippen molar-refractivity contribution in [2.45, 2.75) is 86.3 Å². The number of nitrogens with two attached hydrogens (primary N) is 3. The number of hydrogen-bond donors (Lipinski definition) is 13. The van der Waals surface area contributed by atoms with Crippen molar-refractivity contribution in [2.75, 3.05) is 32.8 Å². The number of aryl methyl sites for hydroxylation is 2. The van der Waals surface area contributed by atoms with Gasteiger partial charge < -0.3 is 73.5 Å². The Morgan fingerprint density at radius 2 is 1.21 bits per heavy atom. The Hall–Kier alpha value is -2.28. The first-order valence-electron chi connectivity index (χ1n) is 18.2. The van der Waals surface area contributed by atoms with Crippen molar-refractivity contribution in [3.05, 3.63) is 34.4 Å². The van der Waals surface area contributed by atoms with Gasteiger partial charge >= 0.3 is 35.2 Å². The van der Waals surface area contributed by atoms with E-state index < -0.39 is 89.6 Å². The quantitative estimate of drug-likeness (QED) is 0.0249. The van der Waals surface area contributed by atoms with E-state index in [0.717, 1.165) is 12.1 Å². The van der Waals surface area contributed by atoms with E-state index >= 15 is 0 Å². The number of phenolic OH excluding ortho intramolecular Hbond substituents is 1. The molecule has 16 N–H and O–H groups in total. The fraction of sp³-hybridized carbons (Fsp3) is 0.567. The summed E-state index contributed by atoms with van der Waals surface area (Å²) in [7, 11) is -29.0. The van der Waals surface area contributed by atoms with E-state index in [1.54, 1.807) is 6.92 Å². The Morgan fingerprint density at radius 1 is 0.741 bits per heavy atom. The zero-order valence-corrected chi connectivity index (χ0v) is 37.6. The Bertz CT molecular complexity index is 2010. The summed E-state index contributed by atoms with van der Waals surface area (Å²) < 4.78 is 92.4. The third kappa shape index (κ3) is 13.4. The molecule has 2 aromatic rings. The first-order valence-corrected chi connectivity index (χ1v) is 29.0. The van der Waals surface area contributed by atoms with Crippen LogP contribution in [0.25, 0.3) is 11.1 Å². The number of ether oxygens (including phenoxy) is 1. The third-order valence-corrected chi connectivity index (χ3v) is 22.4. The Balaban J connectivity index is 1.87. The molecule has 330 valence electrons. The minimum absolute atomic E-state index is 0.00823. The second kappa shape index (κ2) is 20.1. The first kappa shape index (κ1) is 50.1. The van der Waals surface area contributed by atoms with Gasteiger partial charge in [0.05, 0.1) is 0 Å². The van der Waals surface area contributed by atoms with Crippen LogP contribution in [0, 0.1) is 6.92 Å². The van der Waals surface area contributed by atoms with Gasteiger partial charge in [0.1, 0.15) is 21.3 Å². The number of phenols is 1. The summed E-state index contributed by atoms with van der Waals surface area (Å²) in [5.74, 6) is -1.21. The van der Waals surface area contributed by atoms with Gasteiger partial charge in [0.25, 0.3) is 26.1 Å². The molecular formula is C30H54N4O18S2Si4. The highest BCUT2D eigenvalue weighted by atomic mass is 32.2. The molecule has 1 aliphatic carbocycles. The molecule has 2 aromatic carbocycles. The van der Waals surface area contributed by atoms with Crippen molar-refractivity contribution in [2.24, 2.45) is 17.2 Å². The van der Waals surface area contributed by atoms with Crippen LogP contribution in [0.4, 0.5) is 0 Å². The van der Waals surface area contributed by atoms with Gasteiger partial charge in [0, 0.05) is 59.4 Å². The number of hydrogen-bond acceptors (Lipinski definition) is 19. The fourth-order valence-electron chi connectivity index (χ4n) is 6.34. The summed E-state index contributed by atoms with van der Waals surface area (Å²) in [6.07, 6.45) is -0.123. The molecule has 2 unspecified atom stereocenters. The standard InChI is InChI=1S/C30H54N4O18S2Si4/c1-3-21-17-25(54(40,41)42)28-23(18-22-27(28)24(53(37,38)39)16-20(2)29(22)36)30(21)49-19-26(35)34-11-7-15-58(48,51-56(45,46)13-5-9-32)52-57(47,14-6-10-33)50-55(43,44)12-4-8-31/h16-17,36,43-48H,3-15,18-19,31-33H2,1-2H3,(H,34,35)(H,37,38,39)(H,40,41,42). The minimum Gasteiger partial charge on any atom is -0.507 e. The summed E-state index contributed by atoms with van der Waals surface area (Å²) in [6, 6.07) is 0.439. The predicted molar refractivity (Wildman–Crippen MR) is 213 cm³/mol. The number of benzene rings is 2. The van der Waals surface area contributed by atoms with E-state index in [4.69, 9.17) is 34.3 Å².